The van der Waals surface area contributed by atoms with Gasteiger partial charge < -0.3 is 11.1 Å². The van der Waals surface area contributed by atoms with E-state index in [2.05, 4.69) is 10.3 Å². The molecule has 0 bridgehead atoms. The van der Waals surface area contributed by atoms with Crippen LogP contribution in [0.3, 0.4) is 0 Å². The van der Waals surface area contributed by atoms with Crippen LogP contribution in [0, 0.1) is 13.8 Å². The first kappa shape index (κ1) is 20.0. The van der Waals surface area contributed by atoms with E-state index in [0.29, 0.717) is 32.2 Å². The van der Waals surface area contributed by atoms with Crippen LogP contribution >= 0.6 is 22.7 Å². The lowest BCUT2D eigenvalue weighted by Crippen LogP contribution is -2.21. The number of amides is 2. The van der Waals surface area contributed by atoms with E-state index >= 15 is 0 Å². The first-order valence-electron chi connectivity index (χ1n) is 9.09. The maximum absolute atomic E-state index is 13.0. The highest BCUT2D eigenvalue weighted by Gasteiger charge is 2.22. The van der Waals surface area contributed by atoms with Gasteiger partial charge in [-0.1, -0.05) is 30.3 Å². The summed E-state index contributed by atoms with van der Waals surface area (Å²) in [5.74, 6) is -0.998. The maximum Gasteiger partial charge on any atom is 0.266 e. The molecule has 3 heterocycles. The van der Waals surface area contributed by atoms with E-state index in [-0.39, 0.29) is 11.1 Å². The van der Waals surface area contributed by atoms with Gasteiger partial charge in [0.05, 0.1) is 28.7 Å². The summed E-state index contributed by atoms with van der Waals surface area (Å²) in [4.78, 5) is 43.7. The number of nitrogens with two attached hydrogens (primary N) is 1. The van der Waals surface area contributed by atoms with Gasteiger partial charge in [0, 0.05) is 4.88 Å². The van der Waals surface area contributed by atoms with E-state index in [9.17, 15) is 14.4 Å². The molecule has 0 saturated heterocycles. The average molecular weight is 439 g/mol. The molecule has 4 aromatic rings. The number of hydrogen-bond acceptors (Lipinski definition) is 6. The van der Waals surface area contributed by atoms with Crippen molar-refractivity contribution in [3.63, 3.8) is 0 Å². The number of nitrogens with zero attached hydrogens (tertiary/aromatic N) is 2. The van der Waals surface area contributed by atoms with Gasteiger partial charge in [-0.15, -0.1) is 22.7 Å². The van der Waals surface area contributed by atoms with Crippen LogP contribution in [0.5, 0.6) is 0 Å². The topological polar surface area (TPSA) is 107 Å². The Labute approximate surface area is 179 Å². The van der Waals surface area contributed by atoms with Crippen LogP contribution in [0.4, 0.5) is 5.00 Å². The zero-order valence-electron chi connectivity index (χ0n) is 16.3. The van der Waals surface area contributed by atoms with Gasteiger partial charge in [-0.25, -0.2) is 4.98 Å². The molecule has 3 aromatic heterocycles. The van der Waals surface area contributed by atoms with E-state index in [1.165, 1.54) is 22.2 Å². The molecule has 1 aromatic carbocycles. The maximum atomic E-state index is 13.0. The molecule has 2 amide bonds. The quantitative estimate of drug-likeness (QED) is 0.497. The van der Waals surface area contributed by atoms with Gasteiger partial charge in [-0.3, -0.25) is 19.0 Å². The normalized spacial score (nSPS) is 11.0. The third-order valence-electron chi connectivity index (χ3n) is 4.67. The predicted octanol–water partition coefficient (Wildman–Crippen LogP) is 3.54. The number of aromatic nitrogens is 2. The predicted molar refractivity (Wildman–Crippen MR) is 120 cm³/mol. The third-order valence-corrected chi connectivity index (χ3v) is 6.83. The standard InChI is InChI=1S/C21H18N4O3S2/c1-11-8-14(17(22)26)19(29-11)24-18(27)16-12(2)15-20(30-16)23-10-25(21(15)28)9-13-6-4-3-5-7-13/h3-8,10H,9H2,1-2H3,(H2,22,26)(H,24,27). The molecule has 0 unspecified atom stereocenters. The molecule has 0 radical (unpaired) electrons. The summed E-state index contributed by atoms with van der Waals surface area (Å²) >= 11 is 2.43. The minimum absolute atomic E-state index is 0.193. The van der Waals surface area contributed by atoms with Crippen LogP contribution in [0.1, 0.15) is 36.0 Å². The molecule has 0 fully saturated rings. The van der Waals surface area contributed by atoms with Crippen molar-refractivity contribution in [3.05, 3.63) is 79.5 Å². The Kier molecular flexibility index (Phi) is 5.23. The Bertz CT molecular complexity index is 1340. The fraction of sp³-hybridized carbons (Fsp3) is 0.143. The number of primary amides is 1. The van der Waals surface area contributed by atoms with E-state index in [1.807, 2.05) is 37.3 Å². The molecule has 0 aliphatic carbocycles. The van der Waals surface area contributed by atoms with Crippen molar-refractivity contribution in [2.75, 3.05) is 5.32 Å². The summed E-state index contributed by atoms with van der Waals surface area (Å²) in [6.07, 6.45) is 1.50. The number of carbonyl (C=O) groups is 2. The molecule has 3 N–H and O–H groups in total. The zero-order valence-corrected chi connectivity index (χ0v) is 17.9. The molecule has 152 valence electrons. The van der Waals surface area contributed by atoms with Crippen LogP contribution in [0.25, 0.3) is 10.2 Å². The third kappa shape index (κ3) is 3.64. The molecule has 0 atom stereocenters. The summed E-state index contributed by atoms with van der Waals surface area (Å²) in [6.45, 7) is 3.96. The van der Waals surface area contributed by atoms with Crippen molar-refractivity contribution in [2.24, 2.45) is 5.73 Å². The molecule has 30 heavy (non-hydrogen) atoms. The molecular weight excluding hydrogens is 420 g/mol. The molecular formula is C21H18N4O3S2. The van der Waals surface area contributed by atoms with Crippen molar-refractivity contribution >= 4 is 49.7 Å². The van der Waals surface area contributed by atoms with E-state index in [4.69, 9.17) is 5.73 Å². The second kappa shape index (κ2) is 7.85. The Balaban J connectivity index is 1.70. The van der Waals surface area contributed by atoms with Gasteiger partial charge in [-0.05, 0) is 31.0 Å². The number of carbonyl (C=O) groups excluding carboxylic acids is 2. The highest BCUT2D eigenvalue weighted by molar-refractivity contribution is 7.21. The summed E-state index contributed by atoms with van der Waals surface area (Å²) in [5.41, 5.74) is 7.03. The van der Waals surface area contributed by atoms with Crippen molar-refractivity contribution in [1.82, 2.24) is 9.55 Å². The molecule has 4 rings (SSSR count). The van der Waals surface area contributed by atoms with Crippen molar-refractivity contribution in [1.29, 1.82) is 0 Å². The first-order valence-corrected chi connectivity index (χ1v) is 10.7. The molecule has 7 nitrogen and oxygen atoms in total. The van der Waals surface area contributed by atoms with Gasteiger partial charge in [0.2, 0.25) is 0 Å². The fourth-order valence-corrected chi connectivity index (χ4v) is 5.17. The molecule has 0 aliphatic rings. The number of nitrogens with one attached hydrogen (secondary N) is 1. The Morgan fingerprint density at radius 3 is 2.60 bits per heavy atom. The molecule has 0 aliphatic heterocycles. The molecule has 0 spiro atoms. The Morgan fingerprint density at radius 1 is 1.17 bits per heavy atom. The fourth-order valence-electron chi connectivity index (χ4n) is 3.22. The number of thiophene rings is 2. The summed E-state index contributed by atoms with van der Waals surface area (Å²) in [5, 5.41) is 3.59. The van der Waals surface area contributed by atoms with Crippen LogP contribution in [-0.4, -0.2) is 21.4 Å². The number of rotatable bonds is 5. The summed E-state index contributed by atoms with van der Waals surface area (Å²) < 4.78 is 1.53. The smallest absolute Gasteiger partial charge is 0.266 e. The van der Waals surface area contributed by atoms with Crippen LogP contribution in [0.15, 0.2) is 47.5 Å². The monoisotopic (exact) mass is 438 g/mol. The lowest BCUT2D eigenvalue weighted by molar-refractivity contribution is 0.100. The van der Waals surface area contributed by atoms with Gasteiger partial charge in [-0.2, -0.15) is 0 Å². The van der Waals surface area contributed by atoms with Crippen molar-refractivity contribution in [2.45, 2.75) is 20.4 Å². The SMILES string of the molecule is Cc1cc(C(N)=O)c(NC(=O)c2sc3ncn(Cc4ccccc4)c(=O)c3c2C)s1. The Morgan fingerprint density at radius 2 is 1.90 bits per heavy atom. The molecule has 0 saturated carbocycles. The average Bonchev–Trinajstić information content (AvgIpc) is 3.25. The van der Waals surface area contributed by atoms with Gasteiger partial charge in [0.25, 0.3) is 17.4 Å². The minimum Gasteiger partial charge on any atom is -0.366 e. The number of fused-ring (bicyclic) bond motifs is 1. The summed E-state index contributed by atoms with van der Waals surface area (Å²) in [6, 6.07) is 11.3. The van der Waals surface area contributed by atoms with E-state index in [1.54, 1.807) is 13.0 Å². The van der Waals surface area contributed by atoms with Crippen LogP contribution < -0.4 is 16.6 Å². The lowest BCUT2D eigenvalue weighted by Gasteiger charge is -2.05. The minimum atomic E-state index is -0.604. The van der Waals surface area contributed by atoms with Crippen LogP contribution in [-0.2, 0) is 6.54 Å². The number of anilines is 1. The van der Waals surface area contributed by atoms with E-state index in [0.717, 1.165) is 21.8 Å². The number of aryl methyl sites for hydroxylation is 2. The zero-order chi connectivity index (χ0) is 21.4. The van der Waals surface area contributed by atoms with Crippen LogP contribution in [0.2, 0.25) is 0 Å². The second-order valence-corrected chi connectivity index (χ2v) is 9.07. The van der Waals surface area contributed by atoms with Crippen molar-refractivity contribution in [3.8, 4) is 0 Å². The van der Waals surface area contributed by atoms with Gasteiger partial charge >= 0.3 is 0 Å². The summed E-state index contributed by atoms with van der Waals surface area (Å²) in [7, 11) is 0. The first-order chi connectivity index (χ1) is 14.3. The van der Waals surface area contributed by atoms with Crippen molar-refractivity contribution < 1.29 is 9.59 Å². The largest absolute Gasteiger partial charge is 0.366 e. The highest BCUT2D eigenvalue weighted by Crippen LogP contribution is 2.31. The van der Waals surface area contributed by atoms with Gasteiger partial charge in [0.15, 0.2) is 0 Å². The van der Waals surface area contributed by atoms with E-state index < -0.39 is 11.8 Å². The number of benzene rings is 1. The second-order valence-electron chi connectivity index (χ2n) is 6.82. The molecule has 9 heteroatoms. The highest BCUT2D eigenvalue weighted by atomic mass is 32.1. The Hall–Kier alpha value is -3.30. The lowest BCUT2D eigenvalue weighted by atomic mass is 10.2. The van der Waals surface area contributed by atoms with Gasteiger partial charge in [0.1, 0.15) is 9.83 Å². The number of hydrogen-bond donors (Lipinski definition) is 2.